The Kier molecular flexibility index (Phi) is 5.01. The van der Waals surface area contributed by atoms with E-state index in [1.807, 2.05) is 24.3 Å². The van der Waals surface area contributed by atoms with Crippen LogP contribution in [0.15, 0.2) is 59.3 Å². The normalized spacial score (nSPS) is 12.3. The van der Waals surface area contributed by atoms with Crippen LogP contribution in [0.1, 0.15) is 26.5 Å². The van der Waals surface area contributed by atoms with Crippen LogP contribution in [0.2, 0.25) is 18.1 Å². The standard InChI is InChI=1S/C24H28N4O2Si/c1-24(2,3)31(4,5)30-19-8-6-7-15-13-16(9-10-17(15)19)28-21-18-11-12-27-14-20(18)29-22(21)23(25)26/h6-14,28H,1-5H3,(H3,25,26). The second-order valence-corrected chi connectivity index (χ2v) is 14.0. The Hall–Kier alpha value is -3.32. The summed E-state index contributed by atoms with van der Waals surface area (Å²) in [6.07, 6.45) is 3.32. The minimum absolute atomic E-state index is 0.122. The minimum atomic E-state index is -1.95. The average Bonchev–Trinajstić information content (AvgIpc) is 3.06. The van der Waals surface area contributed by atoms with Gasteiger partial charge in [0.15, 0.2) is 17.2 Å². The van der Waals surface area contributed by atoms with E-state index in [9.17, 15) is 0 Å². The number of pyridine rings is 1. The van der Waals surface area contributed by atoms with Crippen LogP contribution in [0.5, 0.6) is 5.75 Å². The summed E-state index contributed by atoms with van der Waals surface area (Å²) in [4.78, 5) is 4.09. The summed E-state index contributed by atoms with van der Waals surface area (Å²) in [7, 11) is -1.95. The predicted molar refractivity (Wildman–Crippen MR) is 130 cm³/mol. The van der Waals surface area contributed by atoms with Gasteiger partial charge in [-0.05, 0) is 53.9 Å². The van der Waals surface area contributed by atoms with Crippen LogP contribution < -0.4 is 15.5 Å². The fraction of sp³-hybridized carbons (Fsp3) is 0.250. The van der Waals surface area contributed by atoms with Crippen molar-refractivity contribution in [2.75, 3.05) is 5.32 Å². The Morgan fingerprint density at radius 2 is 1.90 bits per heavy atom. The molecule has 2 aromatic carbocycles. The van der Waals surface area contributed by atoms with E-state index in [-0.39, 0.29) is 10.9 Å². The van der Waals surface area contributed by atoms with Gasteiger partial charge in [-0.1, -0.05) is 32.9 Å². The molecule has 0 aliphatic carbocycles. The van der Waals surface area contributed by atoms with Gasteiger partial charge in [-0.3, -0.25) is 10.4 Å². The first kappa shape index (κ1) is 20.9. The third-order valence-corrected chi connectivity index (χ3v) is 10.4. The van der Waals surface area contributed by atoms with Crippen molar-refractivity contribution >= 4 is 47.3 Å². The Morgan fingerprint density at radius 3 is 2.61 bits per heavy atom. The lowest BCUT2D eigenvalue weighted by Crippen LogP contribution is -2.43. The summed E-state index contributed by atoms with van der Waals surface area (Å²) in [5.41, 5.74) is 7.88. The largest absolute Gasteiger partial charge is 0.543 e. The van der Waals surface area contributed by atoms with Crippen LogP contribution in [0.25, 0.3) is 21.7 Å². The zero-order chi connectivity index (χ0) is 22.4. The maximum atomic E-state index is 7.88. The van der Waals surface area contributed by atoms with Crippen molar-refractivity contribution in [1.82, 2.24) is 4.98 Å². The molecule has 2 heterocycles. The van der Waals surface area contributed by atoms with Crippen LogP contribution in [0.3, 0.4) is 0 Å². The Morgan fingerprint density at radius 1 is 1.13 bits per heavy atom. The molecule has 7 heteroatoms. The van der Waals surface area contributed by atoms with Gasteiger partial charge >= 0.3 is 0 Å². The van der Waals surface area contributed by atoms with Crippen molar-refractivity contribution in [2.24, 2.45) is 5.73 Å². The van der Waals surface area contributed by atoms with E-state index in [0.717, 1.165) is 27.6 Å². The van der Waals surface area contributed by atoms with Gasteiger partial charge in [-0.2, -0.15) is 0 Å². The molecule has 160 valence electrons. The zero-order valence-electron chi connectivity index (χ0n) is 18.5. The molecule has 0 aliphatic rings. The molecule has 31 heavy (non-hydrogen) atoms. The number of nitrogens with zero attached hydrogens (tertiary/aromatic N) is 1. The molecule has 4 aromatic rings. The van der Waals surface area contributed by atoms with Gasteiger partial charge < -0.3 is 19.9 Å². The highest BCUT2D eigenvalue weighted by atomic mass is 28.4. The molecular formula is C24H28N4O2Si. The molecule has 6 nitrogen and oxygen atoms in total. The number of aromatic nitrogens is 1. The lowest BCUT2D eigenvalue weighted by molar-refractivity contribution is 0.496. The molecule has 4 rings (SSSR count). The van der Waals surface area contributed by atoms with Gasteiger partial charge in [-0.25, -0.2) is 0 Å². The lowest BCUT2D eigenvalue weighted by atomic mass is 10.1. The van der Waals surface area contributed by atoms with Crippen LogP contribution in [0.4, 0.5) is 11.4 Å². The highest BCUT2D eigenvalue weighted by Gasteiger charge is 2.39. The second kappa shape index (κ2) is 7.42. The van der Waals surface area contributed by atoms with Crippen molar-refractivity contribution < 1.29 is 8.84 Å². The number of furan rings is 1. The maximum Gasteiger partial charge on any atom is 0.250 e. The molecule has 0 amide bonds. The number of rotatable bonds is 5. The molecular weight excluding hydrogens is 404 g/mol. The fourth-order valence-corrected chi connectivity index (χ4v) is 4.29. The van der Waals surface area contributed by atoms with E-state index < -0.39 is 8.32 Å². The number of benzene rings is 2. The number of nitrogens with one attached hydrogen (secondary N) is 2. The van der Waals surface area contributed by atoms with E-state index in [2.05, 4.69) is 62.4 Å². The van der Waals surface area contributed by atoms with Crippen molar-refractivity contribution in [3.05, 3.63) is 60.6 Å². The van der Waals surface area contributed by atoms with Crippen LogP contribution in [-0.2, 0) is 0 Å². The number of hydrogen-bond acceptors (Lipinski definition) is 5. The Labute approximate surface area is 183 Å². The summed E-state index contributed by atoms with van der Waals surface area (Å²) >= 11 is 0. The third kappa shape index (κ3) is 3.88. The predicted octanol–water partition coefficient (Wildman–Crippen LogP) is 6.39. The molecule has 0 atom stereocenters. The molecule has 0 fully saturated rings. The topological polar surface area (TPSA) is 97.2 Å². The third-order valence-electron chi connectivity index (χ3n) is 6.02. The second-order valence-electron chi connectivity index (χ2n) is 9.27. The molecule has 0 spiro atoms. The van der Waals surface area contributed by atoms with Crippen LogP contribution >= 0.6 is 0 Å². The monoisotopic (exact) mass is 432 g/mol. The summed E-state index contributed by atoms with van der Waals surface area (Å²) in [6.45, 7) is 11.2. The lowest BCUT2D eigenvalue weighted by Gasteiger charge is -2.36. The maximum absolute atomic E-state index is 7.88. The summed E-state index contributed by atoms with van der Waals surface area (Å²) in [5, 5.41) is 14.4. The van der Waals surface area contributed by atoms with Gasteiger partial charge in [0.05, 0.1) is 11.9 Å². The molecule has 0 unspecified atom stereocenters. The summed E-state index contributed by atoms with van der Waals surface area (Å²) in [5.74, 6) is 1.09. The first-order valence-corrected chi connectivity index (χ1v) is 13.2. The van der Waals surface area contributed by atoms with Crippen LogP contribution in [-0.4, -0.2) is 19.1 Å². The number of anilines is 2. The Balaban J connectivity index is 1.73. The van der Waals surface area contributed by atoms with E-state index in [0.29, 0.717) is 17.0 Å². The Bertz CT molecular complexity index is 1290. The molecule has 0 aliphatic heterocycles. The van der Waals surface area contributed by atoms with Crippen molar-refractivity contribution in [1.29, 1.82) is 5.41 Å². The van der Waals surface area contributed by atoms with Gasteiger partial charge in [0.25, 0.3) is 8.32 Å². The van der Waals surface area contributed by atoms with E-state index in [4.69, 9.17) is 20.0 Å². The molecule has 2 aromatic heterocycles. The van der Waals surface area contributed by atoms with Gasteiger partial charge in [0.1, 0.15) is 5.75 Å². The van der Waals surface area contributed by atoms with Crippen LogP contribution in [0, 0.1) is 5.41 Å². The SMILES string of the molecule is CC(C)(C)[Si](C)(C)Oc1cccc2cc(Nc3c(C(=N)N)oc4cnccc34)ccc12. The first-order chi connectivity index (χ1) is 14.6. The highest BCUT2D eigenvalue weighted by Crippen LogP contribution is 2.40. The molecule has 4 N–H and O–H groups in total. The first-order valence-electron chi connectivity index (χ1n) is 10.3. The van der Waals surface area contributed by atoms with Crippen molar-refractivity contribution in [2.45, 2.75) is 38.9 Å². The summed E-state index contributed by atoms with van der Waals surface area (Å²) in [6, 6.07) is 14.1. The van der Waals surface area contributed by atoms with Gasteiger partial charge in [0.2, 0.25) is 0 Å². The zero-order valence-corrected chi connectivity index (χ0v) is 19.5. The van der Waals surface area contributed by atoms with E-state index >= 15 is 0 Å². The minimum Gasteiger partial charge on any atom is -0.543 e. The number of fused-ring (bicyclic) bond motifs is 2. The summed E-state index contributed by atoms with van der Waals surface area (Å²) < 4.78 is 12.3. The van der Waals surface area contributed by atoms with Gasteiger partial charge in [0, 0.05) is 22.7 Å². The number of hydrogen-bond donors (Lipinski definition) is 3. The van der Waals surface area contributed by atoms with Gasteiger partial charge in [-0.15, -0.1) is 0 Å². The number of nitrogen functional groups attached to an aromatic ring is 1. The number of nitrogens with two attached hydrogens (primary N) is 1. The van der Waals surface area contributed by atoms with E-state index in [1.54, 1.807) is 12.4 Å². The van der Waals surface area contributed by atoms with Crippen molar-refractivity contribution in [3.8, 4) is 5.75 Å². The molecule has 0 saturated carbocycles. The molecule has 0 saturated heterocycles. The number of amidine groups is 1. The van der Waals surface area contributed by atoms with E-state index in [1.165, 1.54) is 0 Å². The highest BCUT2D eigenvalue weighted by molar-refractivity contribution is 6.74. The molecule has 0 bridgehead atoms. The quantitative estimate of drug-likeness (QED) is 0.193. The van der Waals surface area contributed by atoms with Crippen molar-refractivity contribution in [3.63, 3.8) is 0 Å². The smallest absolute Gasteiger partial charge is 0.250 e. The molecule has 0 radical (unpaired) electrons. The fourth-order valence-electron chi connectivity index (χ4n) is 3.26. The average molecular weight is 433 g/mol.